The summed E-state index contributed by atoms with van der Waals surface area (Å²) in [4.78, 5) is 4.24. The van der Waals surface area contributed by atoms with E-state index in [1.165, 1.54) is 0 Å². The zero-order chi connectivity index (χ0) is 17.1. The summed E-state index contributed by atoms with van der Waals surface area (Å²) < 4.78 is 12.7. The van der Waals surface area contributed by atoms with E-state index < -0.39 is 0 Å². The Morgan fingerprint density at radius 1 is 1.12 bits per heavy atom. The molecule has 0 saturated carbocycles. The number of nitrogens with one attached hydrogen (secondary N) is 2. The molecule has 0 radical (unpaired) electrons. The number of pyridine rings is 1. The number of aliphatic imine (C=N–C) groups is 1. The van der Waals surface area contributed by atoms with Gasteiger partial charge in [-0.25, -0.2) is 0 Å². The van der Waals surface area contributed by atoms with Crippen LogP contribution >= 0.6 is 24.0 Å². The van der Waals surface area contributed by atoms with Gasteiger partial charge in [0.05, 0.1) is 6.54 Å². The van der Waals surface area contributed by atoms with Crippen LogP contribution in [0.15, 0.2) is 47.6 Å². The number of rotatable bonds is 4. The van der Waals surface area contributed by atoms with Gasteiger partial charge in [0.1, 0.15) is 0 Å². The number of fused-ring (bicyclic) bond motifs is 2. The monoisotopic (exact) mass is 466 g/mol. The highest BCUT2D eigenvalue weighted by molar-refractivity contribution is 14.0. The Balaban J connectivity index is 0.00000196. The first-order valence-corrected chi connectivity index (χ1v) is 7.95. The van der Waals surface area contributed by atoms with E-state index in [-0.39, 0.29) is 30.8 Å². The van der Waals surface area contributed by atoms with Crippen molar-refractivity contribution in [3.8, 4) is 11.5 Å². The van der Waals surface area contributed by atoms with Crippen LogP contribution < -0.4 is 20.1 Å². The molecule has 1 aliphatic heterocycles. The standard InChI is InChI=1S/C17H18N6O2.HI/c1-18-17(19-9-12-5-6-13-14(8-12)25-11-24-13)20-10-16-22-21-15-4-2-3-7-23(15)16;/h2-8H,9-11H2,1H3,(H2,18,19,20);1H. The van der Waals surface area contributed by atoms with Crippen molar-refractivity contribution in [1.29, 1.82) is 0 Å². The molecule has 3 aromatic rings. The Morgan fingerprint density at radius 3 is 2.85 bits per heavy atom. The van der Waals surface area contributed by atoms with Crippen LogP contribution in [0.3, 0.4) is 0 Å². The van der Waals surface area contributed by atoms with Gasteiger partial charge in [-0.3, -0.25) is 9.39 Å². The van der Waals surface area contributed by atoms with Crippen LogP contribution in [-0.2, 0) is 13.1 Å². The maximum atomic E-state index is 5.40. The molecule has 2 aromatic heterocycles. The fourth-order valence-corrected chi connectivity index (χ4v) is 2.63. The molecule has 9 heteroatoms. The quantitative estimate of drug-likeness (QED) is 0.348. The molecule has 1 aliphatic rings. The number of hydrogen-bond acceptors (Lipinski definition) is 5. The molecule has 1 aromatic carbocycles. The molecule has 0 unspecified atom stereocenters. The summed E-state index contributed by atoms with van der Waals surface area (Å²) in [7, 11) is 1.73. The molecule has 0 atom stereocenters. The van der Waals surface area contributed by atoms with Gasteiger partial charge in [0.25, 0.3) is 0 Å². The normalized spacial score (nSPS) is 12.7. The van der Waals surface area contributed by atoms with Crippen LogP contribution in [0.25, 0.3) is 5.65 Å². The third-order valence-electron chi connectivity index (χ3n) is 3.92. The van der Waals surface area contributed by atoms with Gasteiger partial charge >= 0.3 is 0 Å². The summed E-state index contributed by atoms with van der Waals surface area (Å²) in [5, 5.41) is 14.9. The average Bonchev–Trinajstić information content (AvgIpc) is 3.28. The van der Waals surface area contributed by atoms with Crippen molar-refractivity contribution in [2.24, 2.45) is 4.99 Å². The molecule has 0 spiro atoms. The van der Waals surface area contributed by atoms with Gasteiger partial charge in [0.15, 0.2) is 28.9 Å². The summed E-state index contributed by atoms with van der Waals surface area (Å²) in [6.45, 7) is 1.42. The first-order chi connectivity index (χ1) is 12.3. The molecular weight excluding hydrogens is 447 g/mol. The summed E-state index contributed by atoms with van der Waals surface area (Å²) in [6, 6.07) is 11.7. The molecule has 3 heterocycles. The first-order valence-electron chi connectivity index (χ1n) is 7.95. The van der Waals surface area contributed by atoms with Crippen LogP contribution in [0, 0.1) is 0 Å². The second-order valence-corrected chi connectivity index (χ2v) is 5.51. The minimum Gasteiger partial charge on any atom is -0.454 e. The predicted octanol–water partition coefficient (Wildman–Crippen LogP) is 1.94. The van der Waals surface area contributed by atoms with Crippen LogP contribution in [-0.4, -0.2) is 34.4 Å². The number of hydrogen-bond donors (Lipinski definition) is 2. The van der Waals surface area contributed by atoms with Crippen molar-refractivity contribution < 1.29 is 9.47 Å². The molecule has 2 N–H and O–H groups in total. The highest BCUT2D eigenvalue weighted by Gasteiger charge is 2.13. The van der Waals surface area contributed by atoms with Crippen molar-refractivity contribution in [3.63, 3.8) is 0 Å². The fraction of sp³-hybridized carbons (Fsp3) is 0.235. The number of guanidine groups is 1. The third-order valence-corrected chi connectivity index (χ3v) is 3.92. The summed E-state index contributed by atoms with van der Waals surface area (Å²) >= 11 is 0. The Morgan fingerprint density at radius 2 is 1.96 bits per heavy atom. The van der Waals surface area contributed by atoms with E-state index in [9.17, 15) is 0 Å². The summed E-state index contributed by atoms with van der Waals surface area (Å²) in [5.41, 5.74) is 1.91. The van der Waals surface area contributed by atoms with Crippen LogP contribution in [0.5, 0.6) is 11.5 Å². The average molecular weight is 466 g/mol. The Bertz CT molecular complexity index is 927. The van der Waals surface area contributed by atoms with Crippen molar-refractivity contribution in [2.75, 3.05) is 13.8 Å². The number of benzene rings is 1. The zero-order valence-electron chi connectivity index (χ0n) is 14.2. The van der Waals surface area contributed by atoms with Crippen LogP contribution in [0.1, 0.15) is 11.4 Å². The Labute approximate surface area is 167 Å². The van der Waals surface area contributed by atoms with Gasteiger partial charge in [0.2, 0.25) is 6.79 Å². The molecule has 0 bridgehead atoms. The summed E-state index contributed by atoms with van der Waals surface area (Å²) in [6.07, 6.45) is 1.94. The van der Waals surface area contributed by atoms with Crippen LogP contribution in [0.4, 0.5) is 0 Å². The van der Waals surface area contributed by atoms with Crippen molar-refractivity contribution >= 4 is 35.6 Å². The topological polar surface area (TPSA) is 85.1 Å². The second-order valence-electron chi connectivity index (χ2n) is 5.51. The Kier molecular flexibility index (Phi) is 5.76. The number of ether oxygens (including phenoxy) is 2. The molecule has 26 heavy (non-hydrogen) atoms. The molecule has 8 nitrogen and oxygen atoms in total. The lowest BCUT2D eigenvalue weighted by Gasteiger charge is -2.11. The van der Waals surface area contributed by atoms with E-state index in [1.807, 2.05) is 47.0 Å². The van der Waals surface area contributed by atoms with Gasteiger partial charge in [-0.05, 0) is 29.8 Å². The van der Waals surface area contributed by atoms with Crippen molar-refractivity contribution in [3.05, 3.63) is 54.0 Å². The molecule has 136 valence electrons. The minimum atomic E-state index is 0. The second kappa shape index (κ2) is 8.21. The van der Waals surface area contributed by atoms with Gasteiger partial charge in [-0.1, -0.05) is 12.1 Å². The molecule has 0 aliphatic carbocycles. The van der Waals surface area contributed by atoms with Gasteiger partial charge < -0.3 is 20.1 Å². The molecule has 4 rings (SSSR count). The van der Waals surface area contributed by atoms with E-state index in [2.05, 4.69) is 25.8 Å². The maximum absolute atomic E-state index is 5.40. The van der Waals surface area contributed by atoms with E-state index in [1.54, 1.807) is 7.05 Å². The van der Waals surface area contributed by atoms with Crippen molar-refractivity contribution in [1.82, 2.24) is 25.2 Å². The van der Waals surface area contributed by atoms with E-state index in [0.29, 0.717) is 19.0 Å². The van der Waals surface area contributed by atoms with Crippen molar-refractivity contribution in [2.45, 2.75) is 13.1 Å². The zero-order valence-corrected chi connectivity index (χ0v) is 16.5. The van der Waals surface area contributed by atoms with Gasteiger partial charge in [-0.2, -0.15) is 0 Å². The maximum Gasteiger partial charge on any atom is 0.231 e. The molecule has 0 saturated heterocycles. The van der Waals surface area contributed by atoms with Gasteiger partial charge in [0, 0.05) is 19.8 Å². The molecular formula is C17H19IN6O2. The third kappa shape index (κ3) is 3.82. The number of halogens is 1. The van der Waals surface area contributed by atoms with E-state index in [0.717, 1.165) is 28.5 Å². The number of nitrogens with zero attached hydrogens (tertiary/aromatic N) is 4. The largest absolute Gasteiger partial charge is 0.454 e. The molecule has 0 fully saturated rings. The van der Waals surface area contributed by atoms with Gasteiger partial charge in [-0.15, -0.1) is 34.2 Å². The minimum absolute atomic E-state index is 0. The first kappa shape index (κ1) is 18.2. The highest BCUT2D eigenvalue weighted by atomic mass is 127. The van der Waals surface area contributed by atoms with E-state index in [4.69, 9.17) is 9.47 Å². The van der Waals surface area contributed by atoms with E-state index >= 15 is 0 Å². The van der Waals surface area contributed by atoms with Crippen LogP contribution in [0.2, 0.25) is 0 Å². The Hall–Kier alpha value is -2.56. The highest BCUT2D eigenvalue weighted by Crippen LogP contribution is 2.32. The lowest BCUT2D eigenvalue weighted by atomic mass is 10.2. The summed E-state index contributed by atoms with van der Waals surface area (Å²) in [5.74, 6) is 3.06. The molecule has 0 amide bonds. The predicted molar refractivity (Wildman–Crippen MR) is 108 cm³/mol. The lowest BCUT2D eigenvalue weighted by Crippen LogP contribution is -2.36. The smallest absolute Gasteiger partial charge is 0.231 e. The lowest BCUT2D eigenvalue weighted by molar-refractivity contribution is 0.174. The number of aromatic nitrogens is 3. The SMILES string of the molecule is CN=C(NCc1ccc2c(c1)OCO2)NCc1nnc2ccccn12.I. The fourth-order valence-electron chi connectivity index (χ4n) is 2.63.